The molecule has 5 unspecified atom stereocenters. The highest BCUT2D eigenvalue weighted by Crippen LogP contribution is 2.68. The van der Waals surface area contributed by atoms with Crippen LogP contribution < -0.4 is 16.4 Å². The molecule has 4 fully saturated rings. The van der Waals surface area contributed by atoms with Crippen LogP contribution in [0.5, 0.6) is 0 Å². The predicted molar refractivity (Wildman–Crippen MR) is 182 cm³/mol. The Morgan fingerprint density at radius 1 is 0.860 bits per heavy atom. The minimum Gasteiger partial charge on any atom is -0.381 e. The lowest BCUT2D eigenvalue weighted by molar-refractivity contribution is -0.175. The highest BCUT2D eigenvalue weighted by Gasteiger charge is 2.63. The van der Waals surface area contributed by atoms with Gasteiger partial charge in [-0.05, 0) is 162 Å². The highest BCUT2D eigenvalue weighted by atomic mass is 32.2. The Balaban J connectivity index is 1.33. The fourth-order valence-corrected chi connectivity index (χ4v) is 11.4. The average Bonchev–Trinajstić information content (AvgIpc) is 3.35. The standard InChI is InChI=1S/C36H69N3O3S/c1-25(2)32(42-43-41-7)14-11-26(3)29-12-13-30-34-31(16-18-36(29,30)5)35(4)17-15-28(23-27(35)24-33(34)40-6)39-22-10-21-38-20-9-8-19-37/h25-34,38-39H,8-24,37H2,1-7H3/t26-,27?,28+,29?,30?,31?,32-,33-,34?,35+,36-/m1/s1. The first-order valence-corrected chi connectivity index (χ1v) is 18.9. The normalized spacial score (nSPS) is 38.9. The summed E-state index contributed by atoms with van der Waals surface area (Å²) in [6.07, 6.45) is 17.6. The van der Waals surface area contributed by atoms with E-state index in [1.165, 1.54) is 70.6 Å². The van der Waals surface area contributed by atoms with Crippen molar-refractivity contribution in [2.24, 2.45) is 58.0 Å². The Morgan fingerprint density at radius 3 is 2.33 bits per heavy atom. The van der Waals surface area contributed by atoms with Crippen LogP contribution in [0.4, 0.5) is 0 Å². The van der Waals surface area contributed by atoms with E-state index < -0.39 is 0 Å². The van der Waals surface area contributed by atoms with Gasteiger partial charge in [-0.25, -0.2) is 0 Å². The van der Waals surface area contributed by atoms with E-state index in [1.54, 1.807) is 7.11 Å². The summed E-state index contributed by atoms with van der Waals surface area (Å²) < 4.78 is 17.6. The number of methoxy groups -OCH3 is 1. The Morgan fingerprint density at radius 2 is 1.60 bits per heavy atom. The zero-order chi connectivity index (χ0) is 31.0. The number of nitrogens with two attached hydrogens (primary N) is 1. The van der Waals surface area contributed by atoms with Crippen molar-refractivity contribution >= 4 is 12.3 Å². The van der Waals surface area contributed by atoms with Gasteiger partial charge < -0.3 is 21.1 Å². The van der Waals surface area contributed by atoms with E-state index in [1.807, 2.05) is 7.11 Å². The summed E-state index contributed by atoms with van der Waals surface area (Å²) in [4.78, 5) is 0. The minimum absolute atomic E-state index is 0.258. The van der Waals surface area contributed by atoms with Crippen LogP contribution in [-0.2, 0) is 13.1 Å². The minimum atomic E-state index is 0.258. The fraction of sp³-hybridized carbons (Fsp3) is 1.00. The second kappa shape index (κ2) is 16.8. The van der Waals surface area contributed by atoms with Crippen molar-refractivity contribution in [3.8, 4) is 0 Å². The zero-order valence-corrected chi connectivity index (χ0v) is 29.8. The van der Waals surface area contributed by atoms with Gasteiger partial charge in [0.25, 0.3) is 0 Å². The summed E-state index contributed by atoms with van der Waals surface area (Å²) in [5.74, 6) is 5.23. The molecule has 7 heteroatoms. The largest absolute Gasteiger partial charge is 0.381 e. The van der Waals surface area contributed by atoms with Gasteiger partial charge in [0.1, 0.15) is 0 Å². The summed E-state index contributed by atoms with van der Waals surface area (Å²) in [5.41, 5.74) is 6.54. The topological polar surface area (TPSA) is 77.8 Å². The maximum atomic E-state index is 6.47. The van der Waals surface area contributed by atoms with Crippen molar-refractivity contribution in [2.45, 2.75) is 136 Å². The van der Waals surface area contributed by atoms with Gasteiger partial charge in [0.05, 0.1) is 19.3 Å². The predicted octanol–water partition coefficient (Wildman–Crippen LogP) is 7.61. The molecule has 0 amide bonds. The van der Waals surface area contributed by atoms with Gasteiger partial charge in [-0.3, -0.25) is 8.37 Å². The SMILES string of the molecule is COSO[C@H](CC[C@@H](C)C1CCC2C3C(CC[C@@]21C)[C@@]1(C)CC[C@H](NCCCNCCCCN)CC1C[C@H]3OC)C(C)C. The lowest BCUT2D eigenvalue weighted by Gasteiger charge is -2.63. The molecule has 0 aliphatic heterocycles. The fourth-order valence-electron chi connectivity index (χ4n) is 10.9. The molecule has 0 heterocycles. The molecule has 0 aromatic carbocycles. The summed E-state index contributed by atoms with van der Waals surface area (Å²) in [6, 6.07) is 0.677. The highest BCUT2D eigenvalue weighted by molar-refractivity contribution is 7.89. The van der Waals surface area contributed by atoms with E-state index in [0.717, 1.165) is 86.9 Å². The van der Waals surface area contributed by atoms with Crippen LogP contribution in [-0.4, -0.2) is 58.6 Å². The summed E-state index contributed by atoms with van der Waals surface area (Å²) in [5, 5.41) is 7.55. The maximum absolute atomic E-state index is 6.47. The van der Waals surface area contributed by atoms with Crippen molar-refractivity contribution in [3.05, 3.63) is 0 Å². The van der Waals surface area contributed by atoms with E-state index in [4.69, 9.17) is 18.8 Å². The Labute approximate surface area is 270 Å². The monoisotopic (exact) mass is 624 g/mol. The molecule has 43 heavy (non-hydrogen) atoms. The molecular formula is C36H69N3O3S. The zero-order valence-electron chi connectivity index (χ0n) is 29.0. The quantitative estimate of drug-likeness (QED) is 0.107. The molecule has 0 spiro atoms. The summed E-state index contributed by atoms with van der Waals surface area (Å²) in [7, 11) is 3.71. The third kappa shape index (κ3) is 8.34. The van der Waals surface area contributed by atoms with Crippen molar-refractivity contribution in [2.75, 3.05) is 40.4 Å². The van der Waals surface area contributed by atoms with Gasteiger partial charge in [0.2, 0.25) is 0 Å². The molecule has 4 rings (SSSR count). The lowest BCUT2D eigenvalue weighted by Crippen LogP contribution is -2.59. The van der Waals surface area contributed by atoms with E-state index >= 15 is 0 Å². The number of unbranched alkanes of at least 4 members (excludes halogenated alkanes) is 1. The Kier molecular flexibility index (Phi) is 14.0. The van der Waals surface area contributed by atoms with Gasteiger partial charge in [-0.1, -0.05) is 34.6 Å². The molecule has 6 nitrogen and oxygen atoms in total. The van der Waals surface area contributed by atoms with Crippen LogP contribution in [0.2, 0.25) is 0 Å². The summed E-state index contributed by atoms with van der Waals surface area (Å²) in [6.45, 7) is 16.6. The smallest absolute Gasteiger partial charge is 0.158 e. The van der Waals surface area contributed by atoms with Crippen LogP contribution in [0.3, 0.4) is 0 Å². The first kappa shape index (κ1) is 36.0. The Bertz CT molecular complexity index is 819. The number of fused-ring (bicyclic) bond motifs is 5. The van der Waals surface area contributed by atoms with Crippen molar-refractivity contribution in [1.82, 2.24) is 10.6 Å². The average molecular weight is 624 g/mol. The Hall–Kier alpha value is 0.110. The molecule has 0 aromatic rings. The second-order valence-electron chi connectivity index (χ2n) is 15.9. The third-order valence-corrected chi connectivity index (χ3v) is 13.8. The van der Waals surface area contributed by atoms with Gasteiger partial charge in [-0.15, -0.1) is 0 Å². The van der Waals surface area contributed by atoms with E-state index in [9.17, 15) is 0 Å². The van der Waals surface area contributed by atoms with E-state index in [0.29, 0.717) is 28.9 Å². The lowest BCUT2D eigenvalue weighted by atomic mass is 9.43. The molecule has 4 aliphatic carbocycles. The molecule has 0 bridgehead atoms. The van der Waals surface area contributed by atoms with Crippen molar-refractivity contribution < 1.29 is 13.1 Å². The van der Waals surface area contributed by atoms with E-state index in [2.05, 4.69) is 45.3 Å². The number of ether oxygens (including phenoxy) is 1. The van der Waals surface area contributed by atoms with Gasteiger partial charge in [0.15, 0.2) is 12.3 Å². The van der Waals surface area contributed by atoms with Gasteiger partial charge in [-0.2, -0.15) is 0 Å². The van der Waals surface area contributed by atoms with Crippen molar-refractivity contribution in [1.29, 1.82) is 0 Å². The van der Waals surface area contributed by atoms with Crippen LogP contribution >= 0.6 is 12.3 Å². The number of rotatable bonds is 18. The molecular weight excluding hydrogens is 554 g/mol. The third-order valence-electron chi connectivity index (χ3n) is 13.4. The molecule has 0 radical (unpaired) electrons. The van der Waals surface area contributed by atoms with Gasteiger partial charge >= 0.3 is 0 Å². The number of hydrogen-bond donors (Lipinski definition) is 3. The van der Waals surface area contributed by atoms with Crippen LogP contribution in [0.1, 0.15) is 118 Å². The molecule has 4 N–H and O–H groups in total. The van der Waals surface area contributed by atoms with Gasteiger partial charge in [0, 0.05) is 13.2 Å². The van der Waals surface area contributed by atoms with Crippen LogP contribution in [0, 0.1) is 52.3 Å². The van der Waals surface area contributed by atoms with Crippen molar-refractivity contribution in [3.63, 3.8) is 0 Å². The first-order chi connectivity index (χ1) is 20.7. The first-order valence-electron chi connectivity index (χ1n) is 18.2. The molecule has 0 aromatic heterocycles. The number of nitrogens with one attached hydrogen (secondary N) is 2. The van der Waals surface area contributed by atoms with Crippen LogP contribution in [0.15, 0.2) is 0 Å². The molecule has 4 saturated carbocycles. The molecule has 4 aliphatic rings. The van der Waals surface area contributed by atoms with E-state index in [-0.39, 0.29) is 6.10 Å². The molecule has 0 saturated heterocycles. The number of hydrogen-bond acceptors (Lipinski definition) is 7. The molecule has 11 atom stereocenters. The summed E-state index contributed by atoms with van der Waals surface area (Å²) >= 11 is 1.15. The maximum Gasteiger partial charge on any atom is 0.158 e. The second-order valence-corrected chi connectivity index (χ2v) is 16.6. The molecule has 252 valence electrons. The van der Waals surface area contributed by atoms with Crippen LogP contribution in [0.25, 0.3) is 0 Å².